The van der Waals surface area contributed by atoms with Crippen molar-refractivity contribution in [2.75, 3.05) is 13.1 Å². The first-order chi connectivity index (χ1) is 12.7. The van der Waals surface area contributed by atoms with Crippen molar-refractivity contribution in [3.8, 4) is 10.7 Å². The average Bonchev–Trinajstić information content (AvgIpc) is 3.40. The van der Waals surface area contributed by atoms with Crippen LogP contribution in [0.3, 0.4) is 0 Å². The number of likely N-dealkylation sites (tertiary alicyclic amines) is 1. The largest absolute Gasteiger partial charge is 0.340 e. The number of nitrogens with two attached hydrogens (primary N) is 1. The lowest BCUT2D eigenvalue weighted by Gasteiger charge is -2.16. The quantitative estimate of drug-likeness (QED) is 0.706. The second-order valence-electron chi connectivity index (χ2n) is 6.47. The molecule has 2 N–H and O–H groups in total. The molecule has 0 radical (unpaired) electrons. The molecule has 3 heterocycles. The van der Waals surface area contributed by atoms with Gasteiger partial charge in [-0.2, -0.15) is 4.98 Å². The molecule has 8 heteroatoms. The first kappa shape index (κ1) is 19.5. The number of aryl methyl sites for hydroxylation is 1. The van der Waals surface area contributed by atoms with Gasteiger partial charge in [-0.15, -0.1) is 23.7 Å². The van der Waals surface area contributed by atoms with Crippen LogP contribution in [0.15, 0.2) is 52.4 Å². The number of thiophene rings is 1. The molecule has 6 nitrogen and oxygen atoms in total. The number of aromatic nitrogens is 2. The maximum absolute atomic E-state index is 12.6. The summed E-state index contributed by atoms with van der Waals surface area (Å²) >= 11 is 1.56. The van der Waals surface area contributed by atoms with E-state index in [1.54, 1.807) is 11.3 Å². The van der Waals surface area contributed by atoms with Crippen LogP contribution in [-0.2, 0) is 11.2 Å². The molecule has 4 rings (SSSR count). The number of rotatable bonds is 5. The zero-order valence-corrected chi connectivity index (χ0v) is 16.3. The predicted octanol–water partition coefficient (Wildman–Crippen LogP) is 3.11. The number of amides is 1. The van der Waals surface area contributed by atoms with Crippen molar-refractivity contribution in [2.45, 2.75) is 24.8 Å². The lowest BCUT2D eigenvalue weighted by molar-refractivity contribution is -0.130. The lowest BCUT2D eigenvalue weighted by Crippen LogP contribution is -2.32. The summed E-state index contributed by atoms with van der Waals surface area (Å²) in [4.78, 5) is 19.7. The van der Waals surface area contributed by atoms with Crippen LogP contribution in [0.5, 0.6) is 0 Å². The van der Waals surface area contributed by atoms with Crippen molar-refractivity contribution in [1.82, 2.24) is 15.0 Å². The van der Waals surface area contributed by atoms with Crippen LogP contribution in [0.1, 0.15) is 23.8 Å². The molecule has 2 atom stereocenters. The van der Waals surface area contributed by atoms with Gasteiger partial charge in [-0.05, 0) is 17.0 Å². The van der Waals surface area contributed by atoms with Crippen LogP contribution >= 0.6 is 23.7 Å². The van der Waals surface area contributed by atoms with Crippen molar-refractivity contribution in [3.63, 3.8) is 0 Å². The number of carbonyl (C=O) groups is 1. The number of hydrogen-bond acceptors (Lipinski definition) is 6. The Balaban J connectivity index is 0.00000210. The average molecular weight is 405 g/mol. The van der Waals surface area contributed by atoms with Gasteiger partial charge in [-0.25, -0.2) is 0 Å². The van der Waals surface area contributed by atoms with Gasteiger partial charge in [0.2, 0.25) is 17.6 Å². The fraction of sp³-hybridized carbons (Fsp3) is 0.316. The Bertz CT molecular complexity index is 869. The van der Waals surface area contributed by atoms with E-state index in [9.17, 15) is 4.79 Å². The van der Waals surface area contributed by atoms with E-state index in [0.717, 1.165) is 4.88 Å². The minimum atomic E-state index is -0.0322. The normalized spacial score (nSPS) is 19.1. The monoisotopic (exact) mass is 404 g/mol. The summed E-state index contributed by atoms with van der Waals surface area (Å²) in [5.74, 6) is 1.34. The summed E-state index contributed by atoms with van der Waals surface area (Å²) < 4.78 is 5.26. The maximum Gasteiger partial charge on any atom is 0.227 e. The maximum atomic E-state index is 12.6. The first-order valence-electron chi connectivity index (χ1n) is 8.65. The molecule has 1 aliphatic heterocycles. The summed E-state index contributed by atoms with van der Waals surface area (Å²) in [5, 5.41) is 5.94. The lowest BCUT2D eigenvalue weighted by atomic mass is 9.95. The molecule has 1 fully saturated rings. The first-order valence-corrected chi connectivity index (χ1v) is 9.53. The van der Waals surface area contributed by atoms with Crippen LogP contribution in [0.4, 0.5) is 0 Å². The Morgan fingerprint density at radius 2 is 2.04 bits per heavy atom. The standard InChI is InChI=1S/C19H20N4O2S.ClH/c20-15-12-23(11-14(15)13-5-2-1-3-6-13)18(24)9-8-17-21-19(22-25-17)16-7-4-10-26-16;/h1-7,10,14-15H,8-9,11-12,20H2;1H/t14-,15+;/m0./s1. The number of nitrogens with zero attached hydrogens (tertiary/aromatic N) is 3. The summed E-state index contributed by atoms with van der Waals surface area (Å²) in [6.07, 6.45) is 0.791. The van der Waals surface area contributed by atoms with Gasteiger partial charge in [-0.1, -0.05) is 41.6 Å². The van der Waals surface area contributed by atoms with Gasteiger partial charge in [-0.3, -0.25) is 4.79 Å². The minimum Gasteiger partial charge on any atom is -0.340 e. The highest BCUT2D eigenvalue weighted by atomic mass is 35.5. The highest BCUT2D eigenvalue weighted by Gasteiger charge is 2.33. The molecule has 0 spiro atoms. The molecule has 0 bridgehead atoms. The Morgan fingerprint density at radius 3 is 2.78 bits per heavy atom. The third-order valence-electron chi connectivity index (χ3n) is 4.71. The molecule has 27 heavy (non-hydrogen) atoms. The third-order valence-corrected chi connectivity index (χ3v) is 5.57. The van der Waals surface area contributed by atoms with Crippen LogP contribution < -0.4 is 5.73 Å². The van der Waals surface area contributed by atoms with Gasteiger partial charge in [0.15, 0.2) is 0 Å². The number of carbonyl (C=O) groups excluding carboxylic acids is 1. The van der Waals surface area contributed by atoms with E-state index >= 15 is 0 Å². The van der Waals surface area contributed by atoms with Crippen LogP contribution in [0.25, 0.3) is 10.7 Å². The summed E-state index contributed by atoms with van der Waals surface area (Å²) in [5.41, 5.74) is 7.46. The molecule has 142 valence electrons. The van der Waals surface area contributed by atoms with Crippen LogP contribution in [0, 0.1) is 0 Å². The smallest absolute Gasteiger partial charge is 0.227 e. The molecule has 0 unspecified atom stereocenters. The highest BCUT2D eigenvalue weighted by Crippen LogP contribution is 2.27. The van der Waals surface area contributed by atoms with Crippen LogP contribution in [0.2, 0.25) is 0 Å². The number of hydrogen-bond donors (Lipinski definition) is 1. The van der Waals surface area contributed by atoms with Crippen LogP contribution in [-0.4, -0.2) is 40.1 Å². The van der Waals surface area contributed by atoms with E-state index in [1.165, 1.54) is 5.56 Å². The van der Waals surface area contributed by atoms with Crippen molar-refractivity contribution >= 4 is 29.7 Å². The minimum absolute atomic E-state index is 0. The predicted molar refractivity (Wildman–Crippen MR) is 107 cm³/mol. The Morgan fingerprint density at radius 1 is 1.22 bits per heavy atom. The summed E-state index contributed by atoms with van der Waals surface area (Å²) in [7, 11) is 0. The Hall–Kier alpha value is -2.22. The molecule has 1 saturated heterocycles. The van der Waals surface area contributed by atoms with Crippen molar-refractivity contribution in [2.24, 2.45) is 5.73 Å². The molecule has 2 aromatic heterocycles. The zero-order chi connectivity index (χ0) is 17.9. The van der Waals surface area contributed by atoms with Gasteiger partial charge >= 0.3 is 0 Å². The van der Waals surface area contributed by atoms with Gasteiger partial charge in [0, 0.05) is 37.9 Å². The molecule has 0 saturated carbocycles. The highest BCUT2D eigenvalue weighted by molar-refractivity contribution is 7.13. The second-order valence-corrected chi connectivity index (χ2v) is 7.42. The third kappa shape index (κ3) is 4.37. The summed E-state index contributed by atoms with van der Waals surface area (Å²) in [6, 6.07) is 14.0. The zero-order valence-electron chi connectivity index (χ0n) is 14.7. The second kappa shape index (κ2) is 8.65. The Kier molecular flexibility index (Phi) is 6.26. The molecule has 0 aliphatic carbocycles. The number of benzene rings is 1. The number of halogens is 1. The van der Waals surface area contributed by atoms with E-state index in [1.807, 2.05) is 40.6 Å². The van der Waals surface area contributed by atoms with Gasteiger partial charge < -0.3 is 15.2 Å². The molecular formula is C19H21ClN4O2S. The van der Waals surface area contributed by atoms with Gasteiger partial charge in [0.1, 0.15) is 0 Å². The van der Waals surface area contributed by atoms with Crippen molar-refractivity contribution in [3.05, 3.63) is 59.3 Å². The molecule has 1 amide bonds. The van der Waals surface area contributed by atoms with E-state index in [2.05, 4.69) is 22.3 Å². The fourth-order valence-electron chi connectivity index (χ4n) is 3.32. The van der Waals surface area contributed by atoms with Crippen molar-refractivity contribution < 1.29 is 9.32 Å². The molecule has 1 aromatic carbocycles. The fourth-order valence-corrected chi connectivity index (χ4v) is 3.97. The van der Waals surface area contributed by atoms with Gasteiger partial charge in [0.25, 0.3) is 0 Å². The van der Waals surface area contributed by atoms with E-state index in [0.29, 0.717) is 37.6 Å². The topological polar surface area (TPSA) is 85.2 Å². The Labute approximate surface area is 167 Å². The van der Waals surface area contributed by atoms with E-state index < -0.39 is 0 Å². The molecule has 1 aliphatic rings. The molecular weight excluding hydrogens is 384 g/mol. The van der Waals surface area contributed by atoms with Crippen molar-refractivity contribution in [1.29, 1.82) is 0 Å². The van der Waals surface area contributed by atoms with E-state index in [4.69, 9.17) is 10.3 Å². The SMILES string of the molecule is Cl.N[C@@H]1CN(C(=O)CCc2nc(-c3cccs3)no2)C[C@H]1c1ccccc1. The summed E-state index contributed by atoms with van der Waals surface area (Å²) in [6.45, 7) is 1.25. The van der Waals surface area contributed by atoms with Gasteiger partial charge in [0.05, 0.1) is 4.88 Å². The van der Waals surface area contributed by atoms with E-state index in [-0.39, 0.29) is 30.3 Å². The molecule has 3 aromatic rings.